The zero-order chi connectivity index (χ0) is 14.2. The molecular weight excluding hydrogens is 252 g/mol. The molecule has 0 amide bonds. The molecule has 0 bridgehead atoms. The maximum atomic E-state index is 10.1. The fourth-order valence-corrected chi connectivity index (χ4v) is 1.55. The number of carbonyl (C=O) groups excluding carboxylic acids is 2. The molecule has 0 unspecified atom stereocenters. The van der Waals surface area contributed by atoms with Gasteiger partial charge in [0.1, 0.15) is 0 Å². The Morgan fingerprint density at radius 3 is 1.75 bits per heavy atom. The summed E-state index contributed by atoms with van der Waals surface area (Å²) >= 11 is 0. The smallest absolute Gasteiger partial charge is 0.211 e. The molecule has 0 fully saturated rings. The Labute approximate surface area is 115 Å². The lowest BCUT2D eigenvalue weighted by atomic mass is 10.1. The van der Waals surface area contributed by atoms with Gasteiger partial charge in [0, 0.05) is 0 Å². The van der Waals surface area contributed by atoms with E-state index in [2.05, 4.69) is 16.1 Å². The van der Waals surface area contributed by atoms with Crippen LogP contribution in [-0.4, -0.2) is 12.2 Å². The molecule has 0 aliphatic rings. The van der Waals surface area contributed by atoms with Crippen molar-refractivity contribution < 1.29 is 9.59 Å². The van der Waals surface area contributed by atoms with Crippen LogP contribution in [0.5, 0.6) is 0 Å². The highest BCUT2D eigenvalue weighted by atomic mass is 16.1. The van der Waals surface area contributed by atoms with Crippen LogP contribution in [0.3, 0.4) is 0 Å². The van der Waals surface area contributed by atoms with E-state index in [1.807, 2.05) is 18.2 Å². The zero-order valence-electron chi connectivity index (χ0n) is 10.4. The molecule has 20 heavy (non-hydrogen) atoms. The van der Waals surface area contributed by atoms with Gasteiger partial charge in [0.25, 0.3) is 0 Å². The van der Waals surface area contributed by atoms with Crippen LogP contribution in [0.1, 0.15) is 11.1 Å². The Hall–Kier alpha value is -3.06. The van der Waals surface area contributed by atoms with Crippen molar-refractivity contribution in [3.05, 3.63) is 65.7 Å². The standard InChI is InChI=1S/C16H9N2O2/c19-11-17-15-7-3-13(4-8-15)1-2-14-5-9-16(10-6-14)18-12-20/h1,3-10H. The predicted molar refractivity (Wildman–Crippen MR) is 75.3 cm³/mol. The van der Waals surface area contributed by atoms with Gasteiger partial charge in [-0.15, -0.1) is 0 Å². The van der Waals surface area contributed by atoms with E-state index in [0.29, 0.717) is 11.4 Å². The number of aliphatic imine (C=N–C) groups is 2. The molecular formula is C16H9N2O2. The summed E-state index contributed by atoms with van der Waals surface area (Å²) in [5.74, 6) is 0. The van der Waals surface area contributed by atoms with Gasteiger partial charge in [0.2, 0.25) is 12.2 Å². The highest BCUT2D eigenvalue weighted by Gasteiger charge is 1.92. The minimum atomic E-state index is 0.557. The molecule has 4 nitrogen and oxygen atoms in total. The van der Waals surface area contributed by atoms with Crippen LogP contribution in [0.15, 0.2) is 58.5 Å². The van der Waals surface area contributed by atoms with Crippen molar-refractivity contribution in [2.24, 2.45) is 9.98 Å². The SMILES string of the molecule is O=C=Nc1ccc([C]=Cc2ccc(N=C=O)cc2)cc1. The Morgan fingerprint density at radius 2 is 1.25 bits per heavy atom. The maximum absolute atomic E-state index is 10.1. The average molecular weight is 261 g/mol. The number of rotatable bonds is 4. The number of hydrogen-bond acceptors (Lipinski definition) is 4. The van der Waals surface area contributed by atoms with Gasteiger partial charge in [-0.3, -0.25) is 0 Å². The van der Waals surface area contributed by atoms with Gasteiger partial charge in [0.15, 0.2) is 0 Å². The number of isocyanates is 2. The molecule has 0 N–H and O–H groups in total. The molecule has 0 spiro atoms. The van der Waals surface area contributed by atoms with Crippen molar-refractivity contribution in [1.29, 1.82) is 0 Å². The summed E-state index contributed by atoms with van der Waals surface area (Å²) in [4.78, 5) is 27.2. The summed E-state index contributed by atoms with van der Waals surface area (Å²) in [6.07, 6.45) is 7.90. The molecule has 0 saturated heterocycles. The normalized spacial score (nSPS) is 9.80. The minimum Gasteiger partial charge on any atom is -0.211 e. The molecule has 0 aromatic heterocycles. The van der Waals surface area contributed by atoms with Crippen LogP contribution >= 0.6 is 0 Å². The molecule has 4 heteroatoms. The second-order valence-corrected chi connectivity index (χ2v) is 3.83. The number of nitrogens with zero attached hydrogens (tertiary/aromatic N) is 2. The molecule has 95 valence electrons. The lowest BCUT2D eigenvalue weighted by Crippen LogP contribution is -1.75. The first kappa shape index (κ1) is 13.4. The quantitative estimate of drug-likeness (QED) is 0.480. The van der Waals surface area contributed by atoms with E-state index in [1.165, 1.54) is 12.2 Å². The van der Waals surface area contributed by atoms with E-state index >= 15 is 0 Å². The third-order valence-corrected chi connectivity index (χ3v) is 2.52. The molecule has 0 atom stereocenters. The fraction of sp³-hybridized carbons (Fsp3) is 0. The third-order valence-electron chi connectivity index (χ3n) is 2.52. The van der Waals surface area contributed by atoms with Crippen LogP contribution in [0, 0.1) is 6.08 Å². The fourth-order valence-electron chi connectivity index (χ4n) is 1.55. The van der Waals surface area contributed by atoms with E-state index in [4.69, 9.17) is 0 Å². The molecule has 2 aromatic carbocycles. The summed E-state index contributed by atoms with van der Waals surface area (Å²) < 4.78 is 0. The summed E-state index contributed by atoms with van der Waals surface area (Å²) in [5.41, 5.74) is 2.92. The van der Waals surface area contributed by atoms with Crippen LogP contribution in [-0.2, 0) is 9.59 Å². The molecule has 2 aromatic rings. The second kappa shape index (κ2) is 6.76. The second-order valence-electron chi connectivity index (χ2n) is 3.83. The molecule has 0 heterocycles. The Bertz CT molecular complexity index is 640. The monoisotopic (exact) mass is 261 g/mol. The van der Waals surface area contributed by atoms with Crippen LogP contribution in [0.4, 0.5) is 11.4 Å². The lowest BCUT2D eigenvalue weighted by molar-refractivity contribution is 0.564. The van der Waals surface area contributed by atoms with Crippen molar-refractivity contribution in [1.82, 2.24) is 0 Å². The summed E-state index contributed by atoms with van der Waals surface area (Å²) in [6.45, 7) is 0. The Morgan fingerprint density at radius 1 is 0.750 bits per heavy atom. The van der Waals surface area contributed by atoms with Gasteiger partial charge in [-0.05, 0) is 47.5 Å². The number of hydrogen-bond donors (Lipinski definition) is 0. The minimum absolute atomic E-state index is 0.557. The average Bonchev–Trinajstić information content (AvgIpc) is 2.49. The molecule has 2 rings (SSSR count). The first-order chi connectivity index (χ1) is 9.81. The maximum Gasteiger partial charge on any atom is 0.240 e. The van der Waals surface area contributed by atoms with Crippen molar-refractivity contribution >= 4 is 29.6 Å². The van der Waals surface area contributed by atoms with Crippen molar-refractivity contribution in [2.75, 3.05) is 0 Å². The van der Waals surface area contributed by atoms with Crippen molar-refractivity contribution in [3.63, 3.8) is 0 Å². The van der Waals surface area contributed by atoms with Gasteiger partial charge < -0.3 is 0 Å². The first-order valence-corrected chi connectivity index (χ1v) is 5.77. The van der Waals surface area contributed by atoms with Crippen LogP contribution < -0.4 is 0 Å². The molecule has 0 aliphatic heterocycles. The topological polar surface area (TPSA) is 58.9 Å². The summed E-state index contributed by atoms with van der Waals surface area (Å²) in [5, 5.41) is 0. The van der Waals surface area contributed by atoms with Gasteiger partial charge in [-0.2, -0.15) is 9.98 Å². The molecule has 1 radical (unpaired) electrons. The highest BCUT2D eigenvalue weighted by Crippen LogP contribution is 2.15. The van der Waals surface area contributed by atoms with E-state index in [1.54, 1.807) is 36.4 Å². The van der Waals surface area contributed by atoms with E-state index in [-0.39, 0.29) is 0 Å². The van der Waals surface area contributed by atoms with Crippen LogP contribution in [0.2, 0.25) is 0 Å². The Kier molecular flexibility index (Phi) is 4.52. The largest absolute Gasteiger partial charge is 0.240 e. The van der Waals surface area contributed by atoms with Gasteiger partial charge >= 0.3 is 0 Å². The number of benzene rings is 2. The van der Waals surface area contributed by atoms with Crippen LogP contribution in [0.25, 0.3) is 6.08 Å². The highest BCUT2D eigenvalue weighted by molar-refractivity contribution is 5.57. The van der Waals surface area contributed by atoms with Crippen molar-refractivity contribution in [2.45, 2.75) is 0 Å². The lowest BCUT2D eigenvalue weighted by Gasteiger charge is -1.95. The Balaban J connectivity index is 2.12. The molecule has 0 saturated carbocycles. The van der Waals surface area contributed by atoms with Gasteiger partial charge in [0.05, 0.1) is 11.4 Å². The van der Waals surface area contributed by atoms with E-state index in [9.17, 15) is 9.59 Å². The van der Waals surface area contributed by atoms with Gasteiger partial charge in [-0.1, -0.05) is 24.3 Å². The van der Waals surface area contributed by atoms with Crippen molar-refractivity contribution in [3.8, 4) is 0 Å². The molecule has 0 aliphatic carbocycles. The van der Waals surface area contributed by atoms with E-state index < -0.39 is 0 Å². The first-order valence-electron chi connectivity index (χ1n) is 5.77. The zero-order valence-corrected chi connectivity index (χ0v) is 10.4. The summed E-state index contributed by atoms with van der Waals surface area (Å²) in [7, 11) is 0. The summed E-state index contributed by atoms with van der Waals surface area (Å²) in [6, 6.07) is 14.1. The van der Waals surface area contributed by atoms with E-state index in [0.717, 1.165) is 11.1 Å². The third kappa shape index (κ3) is 3.72. The van der Waals surface area contributed by atoms with Gasteiger partial charge in [-0.25, -0.2) is 9.59 Å². The predicted octanol–water partition coefficient (Wildman–Crippen LogP) is 3.49.